The van der Waals surface area contributed by atoms with Gasteiger partial charge in [0.15, 0.2) is 0 Å². The highest BCUT2D eigenvalue weighted by atomic mass is 16.6. The van der Waals surface area contributed by atoms with Gasteiger partial charge in [-0.3, -0.25) is 0 Å². The van der Waals surface area contributed by atoms with Crippen molar-refractivity contribution in [2.45, 2.75) is 77.7 Å². The molecule has 0 spiro atoms. The highest BCUT2D eigenvalue weighted by Crippen LogP contribution is 2.43. The van der Waals surface area contributed by atoms with Gasteiger partial charge in [-0.1, -0.05) is 32.0 Å². The summed E-state index contributed by atoms with van der Waals surface area (Å²) >= 11 is 0. The number of aryl methyl sites for hydroxylation is 1. The van der Waals surface area contributed by atoms with Gasteiger partial charge >= 0.3 is 6.09 Å². The number of hydrogen-bond donors (Lipinski definition) is 0. The van der Waals surface area contributed by atoms with Crippen LogP contribution in [-0.4, -0.2) is 47.8 Å². The molecule has 0 N–H and O–H groups in total. The lowest BCUT2D eigenvalue weighted by molar-refractivity contribution is 0.0240. The second kappa shape index (κ2) is 9.36. The van der Waals surface area contributed by atoms with Gasteiger partial charge in [0.1, 0.15) is 11.4 Å². The molecule has 1 aromatic heterocycles. The second-order valence-electron chi connectivity index (χ2n) is 10.5. The molecule has 0 unspecified atom stereocenters. The van der Waals surface area contributed by atoms with Crippen LogP contribution in [0.3, 0.4) is 0 Å². The van der Waals surface area contributed by atoms with E-state index in [1.807, 2.05) is 20.8 Å². The Morgan fingerprint density at radius 1 is 1.06 bits per heavy atom. The summed E-state index contributed by atoms with van der Waals surface area (Å²) in [5.41, 5.74) is 5.15. The zero-order valence-corrected chi connectivity index (χ0v) is 21.0. The highest BCUT2D eigenvalue weighted by Gasteiger charge is 2.33. The van der Waals surface area contributed by atoms with Crippen molar-refractivity contribution in [1.29, 1.82) is 0 Å². The summed E-state index contributed by atoms with van der Waals surface area (Å²) in [6.07, 6.45) is 5.92. The van der Waals surface area contributed by atoms with E-state index < -0.39 is 5.60 Å². The highest BCUT2D eigenvalue weighted by molar-refractivity contribution is 5.69. The molecule has 178 valence electrons. The number of hydrogen-bond acceptors (Lipinski definition) is 4. The Balaban J connectivity index is 1.49. The number of anilines is 1. The molecule has 0 radical (unpaired) electrons. The molecule has 0 atom stereocenters. The summed E-state index contributed by atoms with van der Waals surface area (Å²) in [5.74, 6) is 0.977. The van der Waals surface area contributed by atoms with E-state index in [1.165, 1.54) is 36.8 Å². The Morgan fingerprint density at radius 2 is 1.79 bits per heavy atom. The Hall–Kier alpha value is -2.56. The van der Waals surface area contributed by atoms with Gasteiger partial charge in [0.2, 0.25) is 0 Å². The van der Waals surface area contributed by atoms with Crippen LogP contribution in [0.1, 0.15) is 71.4 Å². The molecule has 5 heteroatoms. The van der Waals surface area contributed by atoms with Crippen LogP contribution < -0.4 is 4.90 Å². The van der Waals surface area contributed by atoms with E-state index in [1.54, 1.807) is 10.5 Å². The van der Waals surface area contributed by atoms with Gasteiger partial charge in [-0.2, -0.15) is 0 Å². The largest absolute Gasteiger partial charge is 0.444 e. The number of piperazine rings is 1. The van der Waals surface area contributed by atoms with Gasteiger partial charge < -0.3 is 14.5 Å². The number of amides is 1. The summed E-state index contributed by atoms with van der Waals surface area (Å²) in [5, 5.41) is 0. The number of aromatic nitrogens is 1. The van der Waals surface area contributed by atoms with E-state index in [-0.39, 0.29) is 6.09 Å². The first-order chi connectivity index (χ1) is 15.7. The van der Waals surface area contributed by atoms with Gasteiger partial charge in [0.05, 0.1) is 5.69 Å². The number of benzene rings is 1. The predicted octanol–water partition coefficient (Wildman–Crippen LogP) is 6.20. The molecule has 33 heavy (non-hydrogen) atoms. The summed E-state index contributed by atoms with van der Waals surface area (Å²) in [4.78, 5) is 21.4. The van der Waals surface area contributed by atoms with E-state index in [4.69, 9.17) is 9.72 Å². The van der Waals surface area contributed by atoms with Crippen LogP contribution in [0.25, 0.3) is 11.3 Å². The number of pyridine rings is 1. The van der Waals surface area contributed by atoms with E-state index in [2.05, 4.69) is 55.1 Å². The molecule has 2 aliphatic rings. The molecule has 1 aliphatic heterocycles. The number of carbonyl (C=O) groups is 1. The monoisotopic (exact) mass is 449 g/mol. The molecule has 1 saturated heterocycles. The fourth-order valence-electron chi connectivity index (χ4n) is 5.42. The average Bonchev–Trinajstić information content (AvgIpc) is 2.82. The third-order valence-electron chi connectivity index (χ3n) is 7.42. The minimum atomic E-state index is -0.465. The zero-order chi connectivity index (χ0) is 23.6. The molecule has 2 heterocycles. The smallest absolute Gasteiger partial charge is 0.410 e. The Bertz CT molecular complexity index is 983. The second-order valence-corrected chi connectivity index (χ2v) is 10.5. The van der Waals surface area contributed by atoms with Crippen LogP contribution in [0, 0.1) is 0 Å². The van der Waals surface area contributed by atoms with Crippen molar-refractivity contribution < 1.29 is 9.53 Å². The van der Waals surface area contributed by atoms with Crippen LogP contribution in [0.2, 0.25) is 0 Å². The van der Waals surface area contributed by atoms with Crippen LogP contribution in [0.5, 0.6) is 0 Å². The molecule has 4 rings (SSSR count). The standard InChI is InChI=1S/C28H39N3O2/c1-6-28(7-2)15-9-10-21-20-22(13-14-23(21)28)24-11-8-12-25(29-24)30-16-18-31(19-17-30)26(32)33-27(3,4)5/h8,11-14,20H,6-7,9-10,15-19H2,1-5H3. The SMILES string of the molecule is CCC1(CC)CCCc2cc(-c3cccc(N4CCN(C(=O)OC(C)(C)C)CC4)n3)ccc21. The first kappa shape index (κ1) is 23.6. The predicted molar refractivity (Wildman–Crippen MR) is 135 cm³/mol. The van der Waals surface area contributed by atoms with Crippen molar-refractivity contribution in [2.75, 3.05) is 31.1 Å². The van der Waals surface area contributed by atoms with E-state index in [0.717, 1.165) is 31.0 Å². The van der Waals surface area contributed by atoms with Crippen LogP contribution in [0.15, 0.2) is 36.4 Å². The molecule has 0 bridgehead atoms. The Morgan fingerprint density at radius 3 is 2.45 bits per heavy atom. The third-order valence-corrected chi connectivity index (χ3v) is 7.42. The zero-order valence-electron chi connectivity index (χ0n) is 21.0. The van der Waals surface area contributed by atoms with Crippen molar-refractivity contribution in [2.24, 2.45) is 0 Å². The van der Waals surface area contributed by atoms with Crippen molar-refractivity contribution in [3.63, 3.8) is 0 Å². The molecule has 5 nitrogen and oxygen atoms in total. The molecule has 1 fully saturated rings. The number of rotatable bonds is 4. The van der Waals surface area contributed by atoms with Gasteiger partial charge in [-0.05, 0) is 87.6 Å². The van der Waals surface area contributed by atoms with Crippen LogP contribution in [-0.2, 0) is 16.6 Å². The fourth-order valence-corrected chi connectivity index (χ4v) is 5.42. The Kier molecular flexibility index (Phi) is 6.69. The van der Waals surface area contributed by atoms with Crippen molar-refractivity contribution >= 4 is 11.9 Å². The van der Waals surface area contributed by atoms with Crippen LogP contribution >= 0.6 is 0 Å². The minimum absolute atomic E-state index is 0.229. The number of ether oxygens (including phenoxy) is 1. The lowest BCUT2D eigenvalue weighted by Crippen LogP contribution is -2.50. The number of carbonyl (C=O) groups excluding carboxylic acids is 1. The van der Waals surface area contributed by atoms with Gasteiger partial charge in [0.25, 0.3) is 0 Å². The maximum Gasteiger partial charge on any atom is 0.410 e. The van der Waals surface area contributed by atoms with Gasteiger partial charge in [0, 0.05) is 31.7 Å². The minimum Gasteiger partial charge on any atom is -0.444 e. The Labute approximate surface area is 199 Å². The molecule has 1 aliphatic carbocycles. The van der Waals surface area contributed by atoms with Crippen molar-refractivity contribution in [3.05, 3.63) is 47.5 Å². The van der Waals surface area contributed by atoms with Crippen molar-refractivity contribution in [1.82, 2.24) is 9.88 Å². The summed E-state index contributed by atoms with van der Waals surface area (Å²) in [6.45, 7) is 13.2. The molecule has 1 aromatic carbocycles. The average molecular weight is 450 g/mol. The first-order valence-corrected chi connectivity index (χ1v) is 12.6. The number of fused-ring (bicyclic) bond motifs is 1. The topological polar surface area (TPSA) is 45.7 Å². The normalized spacial score (nSPS) is 18.1. The van der Waals surface area contributed by atoms with Gasteiger partial charge in [-0.25, -0.2) is 9.78 Å². The van der Waals surface area contributed by atoms with Crippen molar-refractivity contribution in [3.8, 4) is 11.3 Å². The molecule has 1 amide bonds. The van der Waals surface area contributed by atoms with E-state index in [0.29, 0.717) is 18.5 Å². The van der Waals surface area contributed by atoms with Gasteiger partial charge in [-0.15, -0.1) is 0 Å². The third kappa shape index (κ3) is 5.02. The van der Waals surface area contributed by atoms with E-state index >= 15 is 0 Å². The summed E-state index contributed by atoms with van der Waals surface area (Å²) in [6, 6.07) is 13.3. The lowest BCUT2D eigenvalue weighted by atomic mass is 9.66. The quantitative estimate of drug-likeness (QED) is 0.557. The molecule has 0 saturated carbocycles. The summed E-state index contributed by atoms with van der Waals surface area (Å²) in [7, 11) is 0. The fraction of sp³-hybridized carbons (Fsp3) is 0.571. The lowest BCUT2D eigenvalue weighted by Gasteiger charge is -2.38. The maximum absolute atomic E-state index is 12.4. The van der Waals surface area contributed by atoms with Crippen LogP contribution in [0.4, 0.5) is 10.6 Å². The van der Waals surface area contributed by atoms with E-state index in [9.17, 15) is 4.79 Å². The number of nitrogens with zero attached hydrogens (tertiary/aromatic N) is 3. The first-order valence-electron chi connectivity index (χ1n) is 12.6. The molecular formula is C28H39N3O2. The molecular weight excluding hydrogens is 410 g/mol. The maximum atomic E-state index is 12.4. The summed E-state index contributed by atoms with van der Waals surface area (Å²) < 4.78 is 5.52. The molecule has 2 aromatic rings.